The highest BCUT2D eigenvalue weighted by molar-refractivity contribution is 6.30. The van der Waals surface area contributed by atoms with Crippen molar-refractivity contribution in [1.82, 2.24) is 10.2 Å². The summed E-state index contributed by atoms with van der Waals surface area (Å²) in [7, 11) is 0. The van der Waals surface area contributed by atoms with Gasteiger partial charge in [-0.3, -0.25) is 4.79 Å². The number of nitrogens with two attached hydrogens (primary N) is 1. The maximum atomic E-state index is 12.3. The van der Waals surface area contributed by atoms with Crippen molar-refractivity contribution in [2.45, 2.75) is 12.8 Å². The molecular weight excluding hydrogens is 304 g/mol. The minimum Gasteiger partial charge on any atom is -0.355 e. The Bertz CT molecular complexity index is 538. The van der Waals surface area contributed by atoms with Gasteiger partial charge in [0.15, 0.2) is 0 Å². The summed E-state index contributed by atoms with van der Waals surface area (Å²) in [5.74, 6) is -0.212. The van der Waals surface area contributed by atoms with Gasteiger partial charge in [-0.25, -0.2) is 4.79 Å². The Balaban J connectivity index is 1.91. The van der Waals surface area contributed by atoms with E-state index in [-0.39, 0.29) is 17.9 Å². The standard InChI is InChI=1S/C15H21ClN4O2/c16-12-4-1-5-13(9-12)19-15(22)20-8-2-3-11(10-20)14(21)18-7-6-17/h1,4-5,9,11H,2-3,6-8,10,17H2,(H,18,21)(H,19,22). The monoisotopic (exact) mass is 324 g/mol. The van der Waals surface area contributed by atoms with Gasteiger partial charge in [-0.05, 0) is 31.0 Å². The van der Waals surface area contributed by atoms with E-state index in [4.69, 9.17) is 17.3 Å². The number of urea groups is 1. The molecule has 7 heteroatoms. The first-order chi connectivity index (χ1) is 10.6. The maximum Gasteiger partial charge on any atom is 0.321 e. The maximum absolute atomic E-state index is 12.3. The fourth-order valence-electron chi connectivity index (χ4n) is 2.48. The topological polar surface area (TPSA) is 87.5 Å². The molecule has 22 heavy (non-hydrogen) atoms. The van der Waals surface area contributed by atoms with Gasteiger partial charge in [0, 0.05) is 36.9 Å². The molecule has 0 aromatic heterocycles. The van der Waals surface area contributed by atoms with Crippen molar-refractivity contribution in [2.24, 2.45) is 11.7 Å². The molecule has 0 bridgehead atoms. The Hall–Kier alpha value is -1.79. The van der Waals surface area contributed by atoms with Gasteiger partial charge in [-0.2, -0.15) is 0 Å². The highest BCUT2D eigenvalue weighted by atomic mass is 35.5. The molecule has 1 atom stereocenters. The van der Waals surface area contributed by atoms with Crippen molar-refractivity contribution >= 4 is 29.2 Å². The van der Waals surface area contributed by atoms with Crippen LogP contribution in [-0.4, -0.2) is 43.0 Å². The molecule has 0 spiro atoms. The zero-order chi connectivity index (χ0) is 15.9. The van der Waals surface area contributed by atoms with Crippen LogP contribution < -0.4 is 16.4 Å². The lowest BCUT2D eigenvalue weighted by Crippen LogP contribution is -2.47. The third-order valence-corrected chi connectivity index (χ3v) is 3.83. The van der Waals surface area contributed by atoms with Crippen LogP contribution in [-0.2, 0) is 4.79 Å². The Kier molecular flexibility index (Phi) is 6.03. The van der Waals surface area contributed by atoms with E-state index in [2.05, 4.69) is 10.6 Å². The van der Waals surface area contributed by atoms with Gasteiger partial charge < -0.3 is 21.3 Å². The Morgan fingerprint density at radius 1 is 1.41 bits per heavy atom. The van der Waals surface area contributed by atoms with Gasteiger partial charge in [0.1, 0.15) is 0 Å². The van der Waals surface area contributed by atoms with Crippen molar-refractivity contribution in [3.63, 3.8) is 0 Å². The van der Waals surface area contributed by atoms with E-state index in [1.54, 1.807) is 29.2 Å². The van der Waals surface area contributed by atoms with Gasteiger partial charge in [0.25, 0.3) is 0 Å². The highest BCUT2D eigenvalue weighted by Crippen LogP contribution is 2.19. The molecule has 0 aliphatic carbocycles. The number of carbonyl (C=O) groups excluding carboxylic acids is 2. The molecule has 1 unspecified atom stereocenters. The third-order valence-electron chi connectivity index (χ3n) is 3.60. The molecule has 1 aliphatic heterocycles. The minimum absolute atomic E-state index is 0.0364. The number of nitrogens with one attached hydrogen (secondary N) is 2. The number of likely N-dealkylation sites (tertiary alicyclic amines) is 1. The number of halogens is 1. The number of hydrogen-bond donors (Lipinski definition) is 3. The first kappa shape index (κ1) is 16.6. The zero-order valence-corrected chi connectivity index (χ0v) is 13.1. The van der Waals surface area contributed by atoms with Crippen molar-refractivity contribution in [3.05, 3.63) is 29.3 Å². The van der Waals surface area contributed by atoms with Crippen LogP contribution in [0.25, 0.3) is 0 Å². The van der Waals surface area contributed by atoms with Crippen LogP contribution in [0.4, 0.5) is 10.5 Å². The number of nitrogens with zero attached hydrogens (tertiary/aromatic N) is 1. The van der Waals surface area contributed by atoms with Crippen LogP contribution in [0.1, 0.15) is 12.8 Å². The van der Waals surface area contributed by atoms with E-state index in [1.807, 2.05) is 0 Å². The largest absolute Gasteiger partial charge is 0.355 e. The lowest BCUT2D eigenvalue weighted by molar-refractivity contribution is -0.126. The lowest BCUT2D eigenvalue weighted by Gasteiger charge is -2.32. The van der Waals surface area contributed by atoms with E-state index >= 15 is 0 Å². The predicted octanol–water partition coefficient (Wildman–Crippen LogP) is 1.66. The molecule has 6 nitrogen and oxygen atoms in total. The van der Waals surface area contributed by atoms with Crippen LogP contribution in [0.15, 0.2) is 24.3 Å². The zero-order valence-electron chi connectivity index (χ0n) is 12.3. The summed E-state index contributed by atoms with van der Waals surface area (Å²) in [6, 6.07) is 6.78. The van der Waals surface area contributed by atoms with Gasteiger partial charge in [0.05, 0.1) is 5.92 Å². The number of hydrogen-bond acceptors (Lipinski definition) is 3. The first-order valence-corrected chi connectivity index (χ1v) is 7.77. The van der Waals surface area contributed by atoms with Crippen molar-refractivity contribution in [3.8, 4) is 0 Å². The predicted molar refractivity (Wildman–Crippen MR) is 86.8 cm³/mol. The van der Waals surface area contributed by atoms with E-state index < -0.39 is 0 Å². The van der Waals surface area contributed by atoms with E-state index in [0.717, 1.165) is 12.8 Å². The summed E-state index contributed by atoms with van der Waals surface area (Å²) < 4.78 is 0. The highest BCUT2D eigenvalue weighted by Gasteiger charge is 2.28. The number of carbonyl (C=O) groups is 2. The number of rotatable bonds is 4. The van der Waals surface area contributed by atoms with Gasteiger partial charge in [-0.1, -0.05) is 17.7 Å². The molecular formula is C15H21ClN4O2. The summed E-state index contributed by atoms with van der Waals surface area (Å²) in [4.78, 5) is 25.9. The Morgan fingerprint density at radius 2 is 2.23 bits per heavy atom. The van der Waals surface area contributed by atoms with Crippen LogP contribution in [0.5, 0.6) is 0 Å². The second-order valence-electron chi connectivity index (χ2n) is 5.31. The van der Waals surface area contributed by atoms with E-state index in [1.165, 1.54) is 0 Å². The van der Waals surface area contributed by atoms with Crippen LogP contribution in [0.2, 0.25) is 5.02 Å². The molecule has 3 amide bonds. The molecule has 0 saturated carbocycles. The molecule has 1 aromatic carbocycles. The summed E-state index contributed by atoms with van der Waals surface area (Å²) >= 11 is 5.90. The normalized spacial score (nSPS) is 17.9. The quantitative estimate of drug-likeness (QED) is 0.787. The van der Waals surface area contributed by atoms with Crippen LogP contribution >= 0.6 is 11.6 Å². The average molecular weight is 325 g/mol. The number of anilines is 1. The fourth-order valence-corrected chi connectivity index (χ4v) is 2.67. The lowest BCUT2D eigenvalue weighted by atomic mass is 9.97. The minimum atomic E-state index is -0.210. The fraction of sp³-hybridized carbons (Fsp3) is 0.467. The van der Waals surface area contributed by atoms with Crippen molar-refractivity contribution in [2.75, 3.05) is 31.5 Å². The molecule has 1 aromatic rings. The summed E-state index contributed by atoms with van der Waals surface area (Å²) in [6.45, 7) is 1.94. The van der Waals surface area contributed by atoms with Gasteiger partial charge >= 0.3 is 6.03 Å². The van der Waals surface area contributed by atoms with E-state index in [9.17, 15) is 9.59 Å². The molecule has 120 valence electrons. The molecule has 4 N–H and O–H groups in total. The average Bonchev–Trinajstić information content (AvgIpc) is 2.52. The first-order valence-electron chi connectivity index (χ1n) is 7.39. The Labute approximate surface area is 135 Å². The summed E-state index contributed by atoms with van der Waals surface area (Å²) in [5, 5.41) is 6.15. The third kappa shape index (κ3) is 4.61. The van der Waals surface area contributed by atoms with Gasteiger partial charge in [-0.15, -0.1) is 0 Å². The number of amides is 3. The number of piperidine rings is 1. The smallest absolute Gasteiger partial charge is 0.321 e. The SMILES string of the molecule is NCCNC(=O)C1CCCN(C(=O)Nc2cccc(Cl)c2)C1. The van der Waals surface area contributed by atoms with Crippen molar-refractivity contribution in [1.29, 1.82) is 0 Å². The Morgan fingerprint density at radius 3 is 2.95 bits per heavy atom. The molecule has 1 aliphatic rings. The van der Waals surface area contributed by atoms with Crippen LogP contribution in [0.3, 0.4) is 0 Å². The summed E-state index contributed by atoms with van der Waals surface area (Å²) in [5.41, 5.74) is 6.03. The molecule has 1 saturated heterocycles. The second kappa shape index (κ2) is 8.00. The van der Waals surface area contributed by atoms with E-state index in [0.29, 0.717) is 36.9 Å². The second-order valence-corrected chi connectivity index (χ2v) is 5.74. The van der Waals surface area contributed by atoms with Crippen LogP contribution in [0, 0.1) is 5.92 Å². The molecule has 1 fully saturated rings. The summed E-state index contributed by atoms with van der Waals surface area (Å²) in [6.07, 6.45) is 1.60. The molecule has 1 heterocycles. The molecule has 2 rings (SSSR count). The van der Waals surface area contributed by atoms with Crippen molar-refractivity contribution < 1.29 is 9.59 Å². The number of benzene rings is 1. The molecule has 0 radical (unpaired) electrons. The van der Waals surface area contributed by atoms with Gasteiger partial charge in [0.2, 0.25) is 5.91 Å².